The first-order valence-electron chi connectivity index (χ1n) is 7.35. The van der Waals surface area contributed by atoms with Crippen LogP contribution in [0.2, 0.25) is 0 Å². The molecule has 108 valence electrons. The van der Waals surface area contributed by atoms with Crippen LogP contribution in [0.4, 0.5) is 0 Å². The van der Waals surface area contributed by atoms with E-state index < -0.39 is 0 Å². The Bertz CT molecular complexity index is 621. The average molecular weight is 278 g/mol. The van der Waals surface area contributed by atoms with Crippen molar-refractivity contribution in [2.45, 2.75) is 32.9 Å². The van der Waals surface area contributed by atoms with Gasteiger partial charge in [-0.1, -0.05) is 50.2 Å². The zero-order valence-electron chi connectivity index (χ0n) is 13.0. The third-order valence-corrected chi connectivity index (χ3v) is 3.61. The summed E-state index contributed by atoms with van der Waals surface area (Å²) in [7, 11) is 2.11. The molecule has 0 unspecified atom stereocenters. The molecule has 0 saturated heterocycles. The van der Waals surface area contributed by atoms with E-state index in [1.807, 2.05) is 18.2 Å². The van der Waals surface area contributed by atoms with Crippen molar-refractivity contribution < 1.29 is 0 Å². The van der Waals surface area contributed by atoms with Gasteiger partial charge < -0.3 is 0 Å². The molecule has 0 saturated carbocycles. The van der Waals surface area contributed by atoms with Crippen LogP contribution in [0.15, 0.2) is 48.5 Å². The second-order valence-electron chi connectivity index (χ2n) is 5.88. The fourth-order valence-corrected chi connectivity index (χ4v) is 2.43. The van der Waals surface area contributed by atoms with E-state index in [-0.39, 0.29) is 0 Å². The second-order valence-corrected chi connectivity index (χ2v) is 5.88. The molecule has 0 bridgehead atoms. The third-order valence-electron chi connectivity index (χ3n) is 3.61. The molecule has 0 spiro atoms. The quantitative estimate of drug-likeness (QED) is 0.814. The van der Waals surface area contributed by atoms with Gasteiger partial charge in [0.15, 0.2) is 0 Å². The Balaban J connectivity index is 1.97. The molecule has 2 rings (SSSR count). The lowest BCUT2D eigenvalue weighted by Gasteiger charge is -2.17. The predicted octanol–water partition coefficient (Wildman–Crippen LogP) is 4.31. The maximum Gasteiger partial charge on any atom is 0.0991 e. The predicted molar refractivity (Wildman–Crippen MR) is 86.9 cm³/mol. The molecule has 0 aromatic heterocycles. The van der Waals surface area contributed by atoms with E-state index in [1.165, 1.54) is 16.7 Å². The minimum Gasteiger partial charge on any atom is -0.298 e. The van der Waals surface area contributed by atoms with Crippen molar-refractivity contribution in [2.24, 2.45) is 0 Å². The lowest BCUT2D eigenvalue weighted by molar-refractivity contribution is 0.319. The molecule has 0 aliphatic carbocycles. The normalized spacial score (nSPS) is 10.9. The summed E-state index contributed by atoms with van der Waals surface area (Å²) in [4.78, 5) is 2.26. The molecule has 2 aromatic rings. The molecule has 0 aliphatic heterocycles. The maximum absolute atomic E-state index is 8.94. The van der Waals surface area contributed by atoms with E-state index in [4.69, 9.17) is 5.26 Å². The van der Waals surface area contributed by atoms with E-state index in [1.54, 1.807) is 0 Å². The van der Waals surface area contributed by atoms with E-state index in [0.717, 1.165) is 18.7 Å². The summed E-state index contributed by atoms with van der Waals surface area (Å²) in [5.74, 6) is 0.575. The first-order valence-corrected chi connectivity index (χ1v) is 7.35. The van der Waals surface area contributed by atoms with Gasteiger partial charge >= 0.3 is 0 Å². The number of hydrogen-bond acceptors (Lipinski definition) is 2. The van der Waals surface area contributed by atoms with Gasteiger partial charge in [0.1, 0.15) is 0 Å². The van der Waals surface area contributed by atoms with Crippen LogP contribution in [0.1, 0.15) is 42.0 Å². The number of rotatable bonds is 5. The van der Waals surface area contributed by atoms with Crippen LogP contribution in [-0.4, -0.2) is 11.9 Å². The molecule has 0 N–H and O–H groups in total. The van der Waals surface area contributed by atoms with Gasteiger partial charge in [0.25, 0.3) is 0 Å². The van der Waals surface area contributed by atoms with Crippen LogP contribution in [0.25, 0.3) is 0 Å². The fraction of sp³-hybridized carbons (Fsp3) is 0.316. The minimum absolute atomic E-state index is 0.575. The number of benzene rings is 2. The highest BCUT2D eigenvalue weighted by Crippen LogP contribution is 2.16. The molecular formula is C19H22N2. The summed E-state index contributed by atoms with van der Waals surface area (Å²) in [6, 6.07) is 18.8. The third kappa shape index (κ3) is 4.44. The summed E-state index contributed by atoms with van der Waals surface area (Å²) in [5.41, 5.74) is 4.60. The summed E-state index contributed by atoms with van der Waals surface area (Å²) in [6.07, 6.45) is 0. The molecule has 0 atom stereocenters. The van der Waals surface area contributed by atoms with Crippen LogP contribution in [0.5, 0.6) is 0 Å². The van der Waals surface area contributed by atoms with Crippen molar-refractivity contribution in [1.82, 2.24) is 4.90 Å². The molecule has 2 aromatic carbocycles. The Hall–Kier alpha value is -2.11. The average Bonchev–Trinajstić information content (AvgIpc) is 2.47. The first-order chi connectivity index (χ1) is 10.1. The molecule has 2 heteroatoms. The number of hydrogen-bond donors (Lipinski definition) is 0. The summed E-state index contributed by atoms with van der Waals surface area (Å²) in [5, 5.41) is 8.94. The van der Waals surface area contributed by atoms with Gasteiger partial charge in [-0.25, -0.2) is 0 Å². The lowest BCUT2D eigenvalue weighted by Crippen LogP contribution is -2.17. The molecule has 21 heavy (non-hydrogen) atoms. The molecule has 0 radical (unpaired) electrons. The Morgan fingerprint density at radius 3 is 2.29 bits per heavy atom. The smallest absolute Gasteiger partial charge is 0.0991 e. The van der Waals surface area contributed by atoms with Crippen LogP contribution in [-0.2, 0) is 13.1 Å². The van der Waals surface area contributed by atoms with E-state index in [0.29, 0.717) is 5.92 Å². The van der Waals surface area contributed by atoms with Gasteiger partial charge in [-0.15, -0.1) is 0 Å². The Morgan fingerprint density at radius 1 is 1.00 bits per heavy atom. The van der Waals surface area contributed by atoms with Crippen LogP contribution in [0.3, 0.4) is 0 Å². The van der Waals surface area contributed by atoms with Crippen molar-refractivity contribution in [2.75, 3.05) is 7.05 Å². The highest BCUT2D eigenvalue weighted by Gasteiger charge is 2.04. The molecule has 2 nitrogen and oxygen atoms in total. The highest BCUT2D eigenvalue weighted by molar-refractivity contribution is 5.32. The van der Waals surface area contributed by atoms with E-state index >= 15 is 0 Å². The zero-order valence-corrected chi connectivity index (χ0v) is 13.0. The van der Waals surface area contributed by atoms with Gasteiger partial charge in [0, 0.05) is 13.1 Å². The molecule has 0 amide bonds. The van der Waals surface area contributed by atoms with Gasteiger partial charge in [-0.3, -0.25) is 4.90 Å². The van der Waals surface area contributed by atoms with Crippen LogP contribution >= 0.6 is 0 Å². The van der Waals surface area contributed by atoms with E-state index in [2.05, 4.69) is 62.2 Å². The zero-order chi connectivity index (χ0) is 15.2. The van der Waals surface area contributed by atoms with Gasteiger partial charge in [-0.05, 0) is 41.8 Å². The summed E-state index contributed by atoms with van der Waals surface area (Å²) >= 11 is 0. The maximum atomic E-state index is 8.94. The molecule has 0 aliphatic rings. The van der Waals surface area contributed by atoms with Crippen LogP contribution in [0, 0.1) is 11.3 Å². The van der Waals surface area contributed by atoms with Crippen molar-refractivity contribution in [3.63, 3.8) is 0 Å². The van der Waals surface area contributed by atoms with E-state index in [9.17, 15) is 0 Å². The van der Waals surface area contributed by atoms with Crippen molar-refractivity contribution >= 4 is 0 Å². The standard InChI is InChI=1S/C19H22N2/c1-15(2)19-9-7-16(8-10-19)13-21(3)14-18-6-4-5-17(11-18)12-20/h4-11,15H,13-14H2,1-3H3. The second kappa shape index (κ2) is 7.06. The topological polar surface area (TPSA) is 27.0 Å². The Kier molecular flexibility index (Phi) is 5.14. The molecule has 0 fully saturated rings. The SMILES string of the molecule is CC(C)c1ccc(CN(C)Cc2cccc(C#N)c2)cc1. The number of nitrogens with zero attached hydrogens (tertiary/aromatic N) is 2. The molecular weight excluding hydrogens is 256 g/mol. The van der Waals surface area contributed by atoms with Crippen LogP contribution < -0.4 is 0 Å². The summed E-state index contributed by atoms with van der Waals surface area (Å²) in [6.45, 7) is 6.18. The van der Waals surface area contributed by atoms with Gasteiger partial charge in [0.2, 0.25) is 0 Å². The Labute approximate surface area is 127 Å². The molecule has 0 heterocycles. The number of nitriles is 1. The van der Waals surface area contributed by atoms with Crippen molar-refractivity contribution in [1.29, 1.82) is 5.26 Å². The van der Waals surface area contributed by atoms with Crippen molar-refractivity contribution in [3.8, 4) is 6.07 Å². The fourth-order valence-electron chi connectivity index (χ4n) is 2.43. The summed E-state index contributed by atoms with van der Waals surface area (Å²) < 4.78 is 0. The largest absolute Gasteiger partial charge is 0.298 e. The Morgan fingerprint density at radius 2 is 1.67 bits per heavy atom. The monoisotopic (exact) mass is 278 g/mol. The highest BCUT2D eigenvalue weighted by atomic mass is 15.1. The van der Waals surface area contributed by atoms with Gasteiger partial charge in [-0.2, -0.15) is 5.26 Å². The van der Waals surface area contributed by atoms with Gasteiger partial charge in [0.05, 0.1) is 11.6 Å². The van der Waals surface area contributed by atoms with Crippen molar-refractivity contribution in [3.05, 3.63) is 70.8 Å². The lowest BCUT2D eigenvalue weighted by atomic mass is 10.0. The minimum atomic E-state index is 0.575. The first kappa shape index (κ1) is 15.3.